The summed E-state index contributed by atoms with van der Waals surface area (Å²) in [4.78, 5) is 12.5. The molecule has 0 saturated heterocycles. The van der Waals surface area contributed by atoms with Gasteiger partial charge in [-0.3, -0.25) is 0 Å². The van der Waals surface area contributed by atoms with Gasteiger partial charge in [-0.15, -0.1) is 0 Å². The fourth-order valence-electron chi connectivity index (χ4n) is 1.38. The van der Waals surface area contributed by atoms with Gasteiger partial charge in [0.25, 0.3) is 0 Å². The summed E-state index contributed by atoms with van der Waals surface area (Å²) in [7, 11) is 0. The summed E-state index contributed by atoms with van der Waals surface area (Å²) in [6, 6.07) is 2.54. The lowest BCUT2D eigenvalue weighted by molar-refractivity contribution is 0.249. The monoisotopic (exact) mass is 300 g/mol. The van der Waals surface area contributed by atoms with Crippen molar-refractivity contribution in [2.75, 3.05) is 12.0 Å². The van der Waals surface area contributed by atoms with Crippen molar-refractivity contribution in [1.29, 1.82) is 0 Å². The van der Waals surface area contributed by atoms with Gasteiger partial charge in [0.05, 0.1) is 16.2 Å². The third kappa shape index (κ3) is 2.55. The van der Waals surface area contributed by atoms with Crippen molar-refractivity contribution >= 4 is 32.9 Å². The van der Waals surface area contributed by atoms with Gasteiger partial charge in [-0.1, -0.05) is 0 Å². The summed E-state index contributed by atoms with van der Waals surface area (Å²) >= 11 is 3.09. The molecule has 2 aromatic rings. The summed E-state index contributed by atoms with van der Waals surface area (Å²) < 4.78 is 13.6. The van der Waals surface area contributed by atoms with E-state index in [9.17, 15) is 9.18 Å². The first-order valence-electron chi connectivity index (χ1n) is 4.99. The van der Waals surface area contributed by atoms with Crippen LogP contribution in [0.4, 0.5) is 9.18 Å². The fourth-order valence-corrected chi connectivity index (χ4v) is 1.74. The lowest BCUT2D eigenvalue weighted by Gasteiger charge is -2.03. The molecule has 0 aliphatic heterocycles. The number of aromatic nitrogens is 2. The van der Waals surface area contributed by atoms with E-state index in [1.807, 2.05) is 6.92 Å². The predicted molar refractivity (Wildman–Crippen MR) is 65.8 cm³/mol. The van der Waals surface area contributed by atoms with E-state index in [0.717, 1.165) is 5.39 Å². The topological polar surface area (TPSA) is 59.0 Å². The molecule has 0 radical (unpaired) electrons. The molecule has 5 nitrogen and oxygen atoms in total. The number of nitrogens with zero attached hydrogens (tertiary/aromatic N) is 2. The third-order valence-corrected chi connectivity index (χ3v) is 2.71. The number of amides is 2. The highest BCUT2D eigenvalue weighted by Gasteiger charge is 2.07. The molecular weight excluding hydrogens is 291 g/mol. The molecule has 2 amide bonds. The minimum atomic E-state index is -0.388. The molecule has 90 valence electrons. The van der Waals surface area contributed by atoms with Gasteiger partial charge in [0, 0.05) is 18.0 Å². The van der Waals surface area contributed by atoms with E-state index in [2.05, 4.69) is 31.8 Å². The maximum atomic E-state index is 13.2. The average molecular weight is 301 g/mol. The van der Waals surface area contributed by atoms with Crippen LogP contribution < -0.4 is 10.7 Å². The average Bonchev–Trinajstić information content (AvgIpc) is 2.60. The van der Waals surface area contributed by atoms with Gasteiger partial charge in [0.2, 0.25) is 0 Å². The molecule has 7 heteroatoms. The van der Waals surface area contributed by atoms with Gasteiger partial charge >= 0.3 is 6.03 Å². The molecule has 1 aromatic heterocycles. The van der Waals surface area contributed by atoms with Gasteiger partial charge in [0.15, 0.2) is 0 Å². The van der Waals surface area contributed by atoms with E-state index in [4.69, 9.17) is 0 Å². The molecular formula is C10H10BrFN4O. The van der Waals surface area contributed by atoms with E-state index in [-0.39, 0.29) is 11.8 Å². The van der Waals surface area contributed by atoms with Crippen LogP contribution in [0.1, 0.15) is 6.92 Å². The number of carbonyl (C=O) groups excluding carboxylic acids is 1. The minimum absolute atomic E-state index is 0.361. The van der Waals surface area contributed by atoms with Crippen LogP contribution in [0.2, 0.25) is 0 Å². The Morgan fingerprint density at radius 3 is 3.06 bits per heavy atom. The van der Waals surface area contributed by atoms with E-state index >= 15 is 0 Å². The van der Waals surface area contributed by atoms with Gasteiger partial charge < -0.3 is 5.32 Å². The van der Waals surface area contributed by atoms with Crippen molar-refractivity contribution in [3.05, 3.63) is 28.6 Å². The maximum Gasteiger partial charge on any atom is 0.335 e. The number of fused-ring (bicyclic) bond motifs is 1. The molecule has 2 rings (SSSR count). The SMILES string of the molecule is CCNC(=O)Nn1cc2cc(Br)c(F)cc2n1. The highest BCUT2D eigenvalue weighted by Crippen LogP contribution is 2.21. The number of hydrogen-bond acceptors (Lipinski definition) is 2. The third-order valence-electron chi connectivity index (χ3n) is 2.10. The van der Waals surface area contributed by atoms with E-state index < -0.39 is 0 Å². The molecule has 0 bridgehead atoms. The number of rotatable bonds is 2. The van der Waals surface area contributed by atoms with Crippen LogP contribution in [0, 0.1) is 5.82 Å². The molecule has 0 aliphatic rings. The lowest BCUT2D eigenvalue weighted by Crippen LogP contribution is -2.34. The van der Waals surface area contributed by atoms with Crippen molar-refractivity contribution in [2.45, 2.75) is 6.92 Å². The Bertz CT molecular complexity index is 530. The van der Waals surface area contributed by atoms with Crippen LogP contribution in [-0.4, -0.2) is 22.5 Å². The van der Waals surface area contributed by atoms with E-state index in [1.54, 1.807) is 12.3 Å². The van der Waals surface area contributed by atoms with Crippen LogP contribution >= 0.6 is 15.9 Å². The Balaban J connectivity index is 2.29. The molecule has 0 spiro atoms. The van der Waals surface area contributed by atoms with Crippen molar-refractivity contribution < 1.29 is 9.18 Å². The van der Waals surface area contributed by atoms with Gasteiger partial charge in [0.1, 0.15) is 5.82 Å². The normalized spacial score (nSPS) is 10.5. The number of nitrogens with one attached hydrogen (secondary N) is 2. The molecule has 1 aromatic carbocycles. The smallest absolute Gasteiger partial charge is 0.335 e. The largest absolute Gasteiger partial charge is 0.337 e. The Labute approximate surface area is 105 Å². The van der Waals surface area contributed by atoms with Crippen LogP contribution in [0.5, 0.6) is 0 Å². The minimum Gasteiger partial charge on any atom is -0.337 e. The second kappa shape index (κ2) is 4.70. The van der Waals surface area contributed by atoms with Crippen molar-refractivity contribution in [2.24, 2.45) is 0 Å². The summed E-state index contributed by atoms with van der Waals surface area (Å²) in [5.74, 6) is -0.388. The van der Waals surface area contributed by atoms with Crippen LogP contribution in [0.15, 0.2) is 22.8 Å². The number of hydrogen-bond donors (Lipinski definition) is 2. The Kier molecular flexibility index (Phi) is 3.28. The molecule has 0 fully saturated rings. The summed E-state index contributed by atoms with van der Waals surface area (Å²) in [6.07, 6.45) is 1.61. The van der Waals surface area contributed by atoms with Crippen molar-refractivity contribution in [3.63, 3.8) is 0 Å². The second-order valence-corrected chi connectivity index (χ2v) is 4.22. The molecule has 1 heterocycles. The molecule has 0 aliphatic carbocycles. The first kappa shape index (κ1) is 11.8. The lowest BCUT2D eigenvalue weighted by atomic mass is 10.2. The number of halogens is 2. The second-order valence-electron chi connectivity index (χ2n) is 3.37. The Morgan fingerprint density at radius 1 is 1.59 bits per heavy atom. The number of urea groups is 1. The van der Waals surface area contributed by atoms with Crippen LogP contribution in [0.25, 0.3) is 10.9 Å². The quantitative estimate of drug-likeness (QED) is 0.893. The Hall–Kier alpha value is -1.63. The zero-order valence-electron chi connectivity index (χ0n) is 9.00. The first-order chi connectivity index (χ1) is 8.10. The van der Waals surface area contributed by atoms with Gasteiger partial charge in [-0.05, 0) is 28.9 Å². The van der Waals surface area contributed by atoms with Crippen LogP contribution in [0.3, 0.4) is 0 Å². The van der Waals surface area contributed by atoms with Gasteiger partial charge in [-0.25, -0.2) is 14.6 Å². The number of carbonyl (C=O) groups is 1. The van der Waals surface area contributed by atoms with Gasteiger partial charge in [-0.2, -0.15) is 9.89 Å². The van der Waals surface area contributed by atoms with E-state index in [0.29, 0.717) is 16.5 Å². The molecule has 0 unspecified atom stereocenters. The zero-order chi connectivity index (χ0) is 12.4. The van der Waals surface area contributed by atoms with Crippen molar-refractivity contribution in [3.8, 4) is 0 Å². The summed E-state index contributed by atoms with van der Waals surface area (Å²) in [6.45, 7) is 2.33. The number of benzene rings is 1. The fraction of sp³-hybridized carbons (Fsp3) is 0.200. The summed E-state index contributed by atoms with van der Waals surface area (Å²) in [5, 5.41) is 7.32. The molecule has 0 saturated carbocycles. The molecule has 0 atom stereocenters. The zero-order valence-corrected chi connectivity index (χ0v) is 10.6. The first-order valence-corrected chi connectivity index (χ1v) is 5.78. The molecule has 17 heavy (non-hydrogen) atoms. The highest BCUT2D eigenvalue weighted by molar-refractivity contribution is 9.10. The standard InChI is InChI=1S/C10H10BrFN4O/c1-2-13-10(17)15-16-5-6-3-7(11)8(12)4-9(6)14-16/h3-5H,2H2,1H3,(H2,13,15,17). The predicted octanol–water partition coefficient (Wildman–Crippen LogP) is 2.21. The summed E-state index contributed by atoms with van der Waals surface area (Å²) in [5.41, 5.74) is 2.96. The van der Waals surface area contributed by atoms with E-state index in [1.165, 1.54) is 10.9 Å². The Morgan fingerprint density at radius 2 is 2.35 bits per heavy atom. The maximum absolute atomic E-state index is 13.2. The van der Waals surface area contributed by atoms with Crippen molar-refractivity contribution in [1.82, 2.24) is 15.2 Å². The highest BCUT2D eigenvalue weighted by atomic mass is 79.9. The molecule has 2 N–H and O–H groups in total. The van der Waals surface area contributed by atoms with Crippen LogP contribution in [-0.2, 0) is 0 Å².